The largest absolute Gasteiger partial charge is 0.399 e. The standard InChI is InChI=1S/C12H11ClN2OS/c13-10-5-6-17-11(10)12(16)15-7-8-1-3-9(14)4-2-8/h1-6H,7,14H2,(H,15,16). The van der Waals surface area contributed by atoms with Crippen LogP contribution in [-0.2, 0) is 6.54 Å². The number of anilines is 1. The van der Waals surface area contributed by atoms with Crippen molar-refractivity contribution in [1.82, 2.24) is 5.32 Å². The molecular formula is C12H11ClN2OS. The maximum atomic E-state index is 11.8. The number of nitrogen functional groups attached to an aromatic ring is 1. The molecule has 0 spiro atoms. The Balaban J connectivity index is 1.97. The van der Waals surface area contributed by atoms with Crippen molar-refractivity contribution in [1.29, 1.82) is 0 Å². The van der Waals surface area contributed by atoms with Crippen molar-refractivity contribution in [2.45, 2.75) is 6.54 Å². The van der Waals surface area contributed by atoms with Crippen LogP contribution in [0.4, 0.5) is 5.69 Å². The molecule has 0 unspecified atom stereocenters. The Bertz CT molecular complexity index is 522. The summed E-state index contributed by atoms with van der Waals surface area (Å²) in [4.78, 5) is 12.3. The zero-order chi connectivity index (χ0) is 12.3. The molecule has 88 valence electrons. The Kier molecular flexibility index (Phi) is 3.66. The highest BCUT2D eigenvalue weighted by atomic mass is 35.5. The number of thiophene rings is 1. The summed E-state index contributed by atoms with van der Waals surface area (Å²) in [5, 5.41) is 5.09. The molecule has 17 heavy (non-hydrogen) atoms. The second-order valence-corrected chi connectivity index (χ2v) is 4.85. The average molecular weight is 267 g/mol. The molecule has 2 aromatic rings. The van der Waals surface area contributed by atoms with E-state index < -0.39 is 0 Å². The molecule has 0 bridgehead atoms. The Hall–Kier alpha value is -1.52. The Labute approximate surface area is 108 Å². The molecule has 1 aromatic carbocycles. The van der Waals surface area contributed by atoms with Crippen LogP contribution in [0.2, 0.25) is 5.02 Å². The van der Waals surface area contributed by atoms with Crippen molar-refractivity contribution < 1.29 is 4.79 Å². The van der Waals surface area contributed by atoms with Crippen LogP contribution < -0.4 is 11.1 Å². The molecular weight excluding hydrogens is 256 g/mol. The smallest absolute Gasteiger partial charge is 0.263 e. The van der Waals surface area contributed by atoms with Gasteiger partial charge in [0, 0.05) is 12.2 Å². The highest BCUT2D eigenvalue weighted by Crippen LogP contribution is 2.21. The van der Waals surface area contributed by atoms with Gasteiger partial charge in [0.2, 0.25) is 0 Å². The van der Waals surface area contributed by atoms with Crippen LogP contribution in [0.3, 0.4) is 0 Å². The molecule has 2 rings (SSSR count). The van der Waals surface area contributed by atoms with Crippen molar-refractivity contribution >= 4 is 34.5 Å². The van der Waals surface area contributed by atoms with Gasteiger partial charge >= 0.3 is 0 Å². The van der Waals surface area contributed by atoms with E-state index in [9.17, 15) is 4.79 Å². The fourth-order valence-corrected chi connectivity index (χ4v) is 2.41. The summed E-state index contributed by atoms with van der Waals surface area (Å²) in [6.45, 7) is 0.466. The van der Waals surface area contributed by atoms with E-state index in [4.69, 9.17) is 17.3 Å². The number of nitrogens with one attached hydrogen (secondary N) is 1. The minimum Gasteiger partial charge on any atom is -0.399 e. The highest BCUT2D eigenvalue weighted by Gasteiger charge is 2.10. The first-order valence-corrected chi connectivity index (χ1v) is 6.28. The third kappa shape index (κ3) is 2.99. The molecule has 3 nitrogen and oxygen atoms in total. The Morgan fingerprint density at radius 1 is 1.29 bits per heavy atom. The lowest BCUT2D eigenvalue weighted by molar-refractivity contribution is 0.0955. The third-order valence-electron chi connectivity index (χ3n) is 2.26. The third-order valence-corrected chi connectivity index (χ3v) is 3.60. The van der Waals surface area contributed by atoms with Crippen LogP contribution in [0.1, 0.15) is 15.2 Å². The predicted octanol–water partition coefficient (Wildman–Crippen LogP) is 2.91. The molecule has 0 saturated heterocycles. The molecule has 0 atom stereocenters. The minimum atomic E-state index is -0.151. The van der Waals surface area contributed by atoms with Gasteiger partial charge in [0.15, 0.2) is 0 Å². The number of nitrogens with two attached hydrogens (primary N) is 1. The van der Waals surface area contributed by atoms with E-state index in [1.807, 2.05) is 12.1 Å². The van der Waals surface area contributed by atoms with Crippen LogP contribution in [0.15, 0.2) is 35.7 Å². The van der Waals surface area contributed by atoms with Gasteiger partial charge in [-0.05, 0) is 29.1 Å². The number of amides is 1. The lowest BCUT2D eigenvalue weighted by Gasteiger charge is -2.04. The van der Waals surface area contributed by atoms with Gasteiger partial charge in [-0.2, -0.15) is 0 Å². The number of carbonyl (C=O) groups excluding carboxylic acids is 1. The minimum absolute atomic E-state index is 0.151. The summed E-state index contributed by atoms with van der Waals surface area (Å²) in [5.74, 6) is -0.151. The summed E-state index contributed by atoms with van der Waals surface area (Å²) >= 11 is 7.20. The van der Waals surface area contributed by atoms with E-state index in [1.165, 1.54) is 11.3 Å². The fourth-order valence-electron chi connectivity index (χ4n) is 1.35. The second kappa shape index (κ2) is 5.21. The van der Waals surface area contributed by atoms with E-state index in [2.05, 4.69) is 5.32 Å². The van der Waals surface area contributed by atoms with E-state index >= 15 is 0 Å². The Morgan fingerprint density at radius 2 is 2.00 bits per heavy atom. The average Bonchev–Trinajstić information content (AvgIpc) is 2.74. The van der Waals surface area contributed by atoms with Gasteiger partial charge in [0.25, 0.3) is 5.91 Å². The number of hydrogen-bond donors (Lipinski definition) is 2. The number of hydrogen-bond acceptors (Lipinski definition) is 3. The van der Waals surface area contributed by atoms with Crippen LogP contribution >= 0.6 is 22.9 Å². The van der Waals surface area contributed by atoms with Gasteiger partial charge < -0.3 is 11.1 Å². The van der Waals surface area contributed by atoms with Gasteiger partial charge in [0.05, 0.1) is 5.02 Å². The van der Waals surface area contributed by atoms with Crippen LogP contribution in [0.25, 0.3) is 0 Å². The summed E-state index contributed by atoms with van der Waals surface area (Å²) in [7, 11) is 0. The topological polar surface area (TPSA) is 55.1 Å². The maximum Gasteiger partial charge on any atom is 0.263 e. The van der Waals surface area contributed by atoms with E-state index in [0.717, 1.165) is 5.56 Å². The SMILES string of the molecule is Nc1ccc(CNC(=O)c2sccc2Cl)cc1. The van der Waals surface area contributed by atoms with E-state index in [-0.39, 0.29) is 5.91 Å². The number of halogens is 1. The molecule has 0 saturated carbocycles. The van der Waals surface area contributed by atoms with Crippen LogP contribution in [0.5, 0.6) is 0 Å². The molecule has 0 fully saturated rings. The summed E-state index contributed by atoms with van der Waals surface area (Å²) in [6.07, 6.45) is 0. The lowest BCUT2D eigenvalue weighted by atomic mass is 10.2. The molecule has 0 aliphatic rings. The van der Waals surface area contributed by atoms with E-state index in [0.29, 0.717) is 22.1 Å². The molecule has 0 aliphatic carbocycles. The van der Waals surface area contributed by atoms with Crippen molar-refractivity contribution in [2.24, 2.45) is 0 Å². The monoisotopic (exact) mass is 266 g/mol. The molecule has 3 N–H and O–H groups in total. The fraction of sp³-hybridized carbons (Fsp3) is 0.0833. The van der Waals surface area contributed by atoms with Crippen LogP contribution in [-0.4, -0.2) is 5.91 Å². The van der Waals surface area contributed by atoms with Crippen molar-refractivity contribution in [2.75, 3.05) is 5.73 Å². The van der Waals surface area contributed by atoms with Crippen LogP contribution in [0, 0.1) is 0 Å². The first kappa shape index (κ1) is 12.0. The van der Waals surface area contributed by atoms with Crippen molar-refractivity contribution in [3.8, 4) is 0 Å². The molecule has 0 aliphatic heterocycles. The molecule has 1 amide bonds. The zero-order valence-electron chi connectivity index (χ0n) is 8.94. The normalized spacial score (nSPS) is 10.2. The number of carbonyl (C=O) groups is 1. The van der Waals surface area contributed by atoms with Gasteiger partial charge in [-0.25, -0.2) is 0 Å². The van der Waals surface area contributed by atoms with Gasteiger partial charge in [-0.15, -0.1) is 11.3 Å². The van der Waals surface area contributed by atoms with Gasteiger partial charge in [0.1, 0.15) is 4.88 Å². The molecule has 5 heteroatoms. The van der Waals surface area contributed by atoms with Gasteiger partial charge in [-0.3, -0.25) is 4.79 Å². The van der Waals surface area contributed by atoms with Crippen molar-refractivity contribution in [3.05, 3.63) is 51.2 Å². The number of rotatable bonds is 3. The summed E-state index contributed by atoms with van der Waals surface area (Å²) in [5.41, 5.74) is 7.29. The predicted molar refractivity (Wildman–Crippen MR) is 71.4 cm³/mol. The molecule has 0 radical (unpaired) electrons. The van der Waals surface area contributed by atoms with Gasteiger partial charge in [-0.1, -0.05) is 23.7 Å². The molecule has 1 aromatic heterocycles. The number of benzene rings is 1. The summed E-state index contributed by atoms with van der Waals surface area (Å²) < 4.78 is 0. The van der Waals surface area contributed by atoms with Crippen molar-refractivity contribution in [3.63, 3.8) is 0 Å². The maximum absolute atomic E-state index is 11.8. The Morgan fingerprint density at radius 3 is 2.59 bits per heavy atom. The van der Waals surface area contributed by atoms with E-state index in [1.54, 1.807) is 23.6 Å². The lowest BCUT2D eigenvalue weighted by Crippen LogP contribution is -2.22. The quantitative estimate of drug-likeness (QED) is 0.840. The zero-order valence-corrected chi connectivity index (χ0v) is 10.5. The molecule has 1 heterocycles. The summed E-state index contributed by atoms with van der Waals surface area (Å²) in [6, 6.07) is 9.08. The second-order valence-electron chi connectivity index (χ2n) is 3.52. The highest BCUT2D eigenvalue weighted by molar-refractivity contribution is 7.12. The first-order valence-electron chi connectivity index (χ1n) is 5.02. The first-order chi connectivity index (χ1) is 8.16.